The Morgan fingerprint density at radius 1 is 0.500 bits per heavy atom. The molecule has 0 saturated heterocycles. The van der Waals surface area contributed by atoms with Crippen LogP contribution in [0.15, 0.2) is 152 Å². The number of hydrogen-bond acceptors (Lipinski definition) is 2. The molecule has 0 amide bonds. The fourth-order valence-electron chi connectivity index (χ4n) is 5.48. The highest BCUT2D eigenvalue weighted by molar-refractivity contribution is 5.79. The van der Waals surface area contributed by atoms with Crippen molar-refractivity contribution < 1.29 is 0 Å². The summed E-state index contributed by atoms with van der Waals surface area (Å²) in [5, 5.41) is 0. The molecule has 196 valence electrons. The molecule has 1 atom stereocenters. The van der Waals surface area contributed by atoms with Gasteiger partial charge < -0.3 is 9.80 Å². The molecule has 2 heteroatoms. The van der Waals surface area contributed by atoms with Gasteiger partial charge in [-0.1, -0.05) is 91.0 Å². The second-order valence-electron chi connectivity index (χ2n) is 10.4. The van der Waals surface area contributed by atoms with Crippen LogP contribution in [0, 0.1) is 13.8 Å². The van der Waals surface area contributed by atoms with Crippen LogP contribution in [-0.2, 0) is 0 Å². The zero-order valence-corrected chi connectivity index (χ0v) is 23.1. The van der Waals surface area contributed by atoms with Crippen molar-refractivity contribution in [1.82, 2.24) is 0 Å². The Morgan fingerprint density at radius 2 is 1.05 bits per heavy atom. The van der Waals surface area contributed by atoms with Gasteiger partial charge >= 0.3 is 0 Å². The summed E-state index contributed by atoms with van der Waals surface area (Å²) in [5.74, 6) is 0. The normalized spacial score (nSPS) is 14.2. The predicted octanol–water partition coefficient (Wildman–Crippen LogP) is 10.5. The molecule has 0 fully saturated rings. The van der Waals surface area contributed by atoms with E-state index in [0.717, 1.165) is 23.5 Å². The smallest absolute Gasteiger partial charge is 0.0559 e. The van der Waals surface area contributed by atoms with Crippen LogP contribution in [0.2, 0.25) is 0 Å². The number of nitrogens with zero attached hydrogens (tertiary/aromatic N) is 2. The average Bonchev–Trinajstić information content (AvgIpc) is 3.00. The third-order valence-electron chi connectivity index (χ3n) is 7.45. The maximum Gasteiger partial charge on any atom is 0.0559 e. The minimum atomic E-state index is 0.294. The second-order valence-corrected chi connectivity index (χ2v) is 10.4. The Bertz CT molecular complexity index is 1630. The summed E-state index contributed by atoms with van der Waals surface area (Å²) in [6.07, 6.45) is 9.82. The van der Waals surface area contributed by atoms with Gasteiger partial charge in [-0.2, -0.15) is 0 Å². The van der Waals surface area contributed by atoms with Gasteiger partial charge in [-0.05, 0) is 103 Å². The van der Waals surface area contributed by atoms with Crippen LogP contribution in [0.3, 0.4) is 0 Å². The number of aryl methyl sites for hydroxylation is 2. The monoisotopic (exact) mass is 518 g/mol. The molecule has 0 aliphatic heterocycles. The molecule has 0 heterocycles. The van der Waals surface area contributed by atoms with Gasteiger partial charge in [0.05, 0.1) is 6.04 Å². The summed E-state index contributed by atoms with van der Waals surface area (Å²) in [6.45, 7) is 4.30. The van der Waals surface area contributed by atoms with Gasteiger partial charge in [-0.3, -0.25) is 0 Å². The summed E-state index contributed by atoms with van der Waals surface area (Å²) in [7, 11) is 0. The van der Waals surface area contributed by atoms with Crippen molar-refractivity contribution in [3.8, 4) is 11.1 Å². The first-order chi connectivity index (χ1) is 19.7. The van der Waals surface area contributed by atoms with E-state index in [-0.39, 0.29) is 0 Å². The molecule has 5 aromatic carbocycles. The van der Waals surface area contributed by atoms with E-state index >= 15 is 0 Å². The highest BCUT2D eigenvalue weighted by Gasteiger charge is 2.19. The number of rotatable bonds is 7. The number of benzene rings is 5. The molecule has 40 heavy (non-hydrogen) atoms. The molecule has 2 nitrogen and oxygen atoms in total. The maximum absolute atomic E-state index is 2.44. The van der Waals surface area contributed by atoms with Crippen molar-refractivity contribution in [2.75, 3.05) is 9.80 Å². The van der Waals surface area contributed by atoms with Crippen molar-refractivity contribution >= 4 is 28.4 Å². The fraction of sp³-hybridized carbons (Fsp3) is 0.105. The number of hydrogen-bond donors (Lipinski definition) is 0. The molecule has 6 rings (SSSR count). The van der Waals surface area contributed by atoms with Crippen molar-refractivity contribution in [2.24, 2.45) is 0 Å². The van der Waals surface area contributed by atoms with Crippen LogP contribution < -0.4 is 9.80 Å². The Hall–Kier alpha value is -4.82. The van der Waals surface area contributed by atoms with Gasteiger partial charge in [0, 0.05) is 28.4 Å². The highest BCUT2D eigenvalue weighted by atomic mass is 15.2. The van der Waals surface area contributed by atoms with E-state index in [0.29, 0.717) is 6.04 Å². The first-order valence-electron chi connectivity index (χ1n) is 14.0. The van der Waals surface area contributed by atoms with Gasteiger partial charge in [0.1, 0.15) is 0 Å². The Balaban J connectivity index is 1.30. The average molecular weight is 519 g/mol. The SMILES string of the molecule is Cc1cccc(N(c2ccccc2)c2ccc(-c3ccc(N(c4cccc(C)c4)C4C=CC=CC4)cc3)cc2)c1. The van der Waals surface area contributed by atoms with Crippen molar-refractivity contribution in [3.63, 3.8) is 0 Å². The molecule has 0 saturated carbocycles. The first kappa shape index (κ1) is 25.5. The van der Waals surface area contributed by atoms with Crippen LogP contribution in [0.5, 0.6) is 0 Å². The largest absolute Gasteiger partial charge is 0.334 e. The van der Waals surface area contributed by atoms with Gasteiger partial charge in [0.15, 0.2) is 0 Å². The standard InChI is InChI=1S/C38H34N2/c1-29-11-9-17-37(27-29)39(33-13-5-3-6-14-33)35-23-19-31(20-24-35)32-21-25-36(26-22-32)40(34-15-7-4-8-16-34)38-18-10-12-30(2)28-38/h3-15,17-28,34H,16H2,1-2H3. The Labute approximate surface area is 238 Å². The minimum Gasteiger partial charge on any atom is -0.334 e. The molecular formula is C38H34N2. The van der Waals surface area contributed by atoms with Gasteiger partial charge in [-0.25, -0.2) is 0 Å². The number of anilines is 5. The van der Waals surface area contributed by atoms with Crippen LogP contribution in [-0.4, -0.2) is 6.04 Å². The van der Waals surface area contributed by atoms with Gasteiger partial charge in [0.2, 0.25) is 0 Å². The molecule has 1 unspecified atom stereocenters. The van der Waals surface area contributed by atoms with Crippen LogP contribution in [0.1, 0.15) is 17.5 Å². The molecule has 5 aromatic rings. The summed E-state index contributed by atoms with van der Waals surface area (Å²) >= 11 is 0. The van der Waals surface area contributed by atoms with E-state index in [1.54, 1.807) is 0 Å². The molecule has 1 aliphatic rings. The van der Waals surface area contributed by atoms with E-state index in [9.17, 15) is 0 Å². The first-order valence-corrected chi connectivity index (χ1v) is 14.0. The summed E-state index contributed by atoms with van der Waals surface area (Å²) in [4.78, 5) is 4.76. The lowest BCUT2D eigenvalue weighted by atomic mass is 10.0. The maximum atomic E-state index is 2.44. The van der Waals surface area contributed by atoms with Crippen molar-refractivity contribution in [2.45, 2.75) is 26.3 Å². The second kappa shape index (κ2) is 11.5. The lowest BCUT2D eigenvalue weighted by Crippen LogP contribution is -2.29. The zero-order valence-electron chi connectivity index (χ0n) is 23.1. The highest BCUT2D eigenvalue weighted by Crippen LogP contribution is 2.37. The minimum absolute atomic E-state index is 0.294. The van der Waals surface area contributed by atoms with Crippen molar-refractivity contribution in [1.29, 1.82) is 0 Å². The van der Waals surface area contributed by atoms with Crippen LogP contribution >= 0.6 is 0 Å². The molecule has 0 spiro atoms. The summed E-state index contributed by atoms with van der Waals surface area (Å²) in [6, 6.07) is 46.2. The van der Waals surface area contributed by atoms with Gasteiger partial charge in [0.25, 0.3) is 0 Å². The van der Waals surface area contributed by atoms with E-state index < -0.39 is 0 Å². The van der Waals surface area contributed by atoms with Crippen molar-refractivity contribution in [3.05, 3.63) is 163 Å². The number of para-hydroxylation sites is 1. The van der Waals surface area contributed by atoms with Crippen LogP contribution in [0.25, 0.3) is 11.1 Å². The lowest BCUT2D eigenvalue weighted by Gasteiger charge is -2.33. The third kappa shape index (κ3) is 5.48. The predicted molar refractivity (Wildman–Crippen MR) is 171 cm³/mol. The van der Waals surface area contributed by atoms with E-state index in [1.807, 2.05) is 0 Å². The number of allylic oxidation sites excluding steroid dienone is 2. The third-order valence-corrected chi connectivity index (χ3v) is 7.45. The molecule has 1 aliphatic carbocycles. The van der Waals surface area contributed by atoms with E-state index in [4.69, 9.17) is 0 Å². The molecule has 0 aromatic heterocycles. The molecule has 0 radical (unpaired) electrons. The topological polar surface area (TPSA) is 6.48 Å². The van der Waals surface area contributed by atoms with Crippen LogP contribution in [0.4, 0.5) is 28.4 Å². The van der Waals surface area contributed by atoms with E-state index in [2.05, 4.69) is 175 Å². The van der Waals surface area contributed by atoms with E-state index in [1.165, 1.54) is 33.6 Å². The summed E-state index contributed by atoms with van der Waals surface area (Å²) in [5.41, 5.74) is 10.8. The van der Waals surface area contributed by atoms with Gasteiger partial charge in [-0.15, -0.1) is 0 Å². The fourth-order valence-corrected chi connectivity index (χ4v) is 5.48. The Kier molecular flexibility index (Phi) is 7.32. The lowest BCUT2D eigenvalue weighted by molar-refractivity contribution is 0.785. The molecule has 0 N–H and O–H groups in total. The Morgan fingerprint density at radius 3 is 1.65 bits per heavy atom. The zero-order chi connectivity index (χ0) is 27.3. The molecule has 0 bridgehead atoms. The summed E-state index contributed by atoms with van der Waals surface area (Å²) < 4.78 is 0. The molecular weight excluding hydrogens is 484 g/mol. The quantitative estimate of drug-likeness (QED) is 0.211.